The van der Waals surface area contributed by atoms with Crippen molar-refractivity contribution in [3.63, 3.8) is 0 Å². The number of halogens is 6. The summed E-state index contributed by atoms with van der Waals surface area (Å²) in [5.41, 5.74) is 5.54. The fourth-order valence-corrected chi connectivity index (χ4v) is 6.64. The number of unbranched alkanes of at least 4 members (excludes halogenated alkanes) is 2. The van der Waals surface area contributed by atoms with E-state index in [-0.39, 0.29) is 11.9 Å². The summed E-state index contributed by atoms with van der Waals surface area (Å²) >= 11 is 0. The van der Waals surface area contributed by atoms with Crippen molar-refractivity contribution in [3.05, 3.63) is 71.6 Å². The number of nitrogens with zero attached hydrogens (tertiary/aromatic N) is 2. The third-order valence-corrected chi connectivity index (χ3v) is 9.76. The van der Waals surface area contributed by atoms with Gasteiger partial charge in [-0.25, -0.2) is 4.99 Å². The Labute approximate surface area is 331 Å². The van der Waals surface area contributed by atoms with Crippen LogP contribution in [0.3, 0.4) is 0 Å². The van der Waals surface area contributed by atoms with Gasteiger partial charge in [-0.15, -0.1) is 0 Å². The molecule has 0 unspecified atom stereocenters. The molecular formula is C40H49F6N5O7. The molecule has 2 aromatic carbocycles. The summed E-state index contributed by atoms with van der Waals surface area (Å²) in [6.45, 7) is 8.60. The van der Waals surface area contributed by atoms with Crippen molar-refractivity contribution in [3.8, 4) is 5.75 Å². The Balaban J connectivity index is 0.000000550. The van der Waals surface area contributed by atoms with Crippen LogP contribution in [-0.4, -0.2) is 79.2 Å². The van der Waals surface area contributed by atoms with Crippen LogP contribution in [0.5, 0.6) is 5.75 Å². The highest BCUT2D eigenvalue weighted by atomic mass is 19.4. The van der Waals surface area contributed by atoms with Crippen LogP contribution in [0.15, 0.2) is 59.7 Å². The van der Waals surface area contributed by atoms with E-state index < -0.39 is 24.3 Å². The lowest BCUT2D eigenvalue weighted by molar-refractivity contribution is -0.888. The van der Waals surface area contributed by atoms with Crippen LogP contribution in [0.1, 0.15) is 75.1 Å². The Morgan fingerprint density at radius 2 is 1.57 bits per heavy atom. The Bertz CT molecular complexity index is 1900. The number of fused-ring (bicyclic) bond motifs is 1. The number of aliphatic imine (C=N–C) groups is 1. The molecule has 18 heteroatoms. The molecule has 3 aromatic rings. The van der Waals surface area contributed by atoms with Gasteiger partial charge in [0, 0.05) is 47.8 Å². The Morgan fingerprint density at radius 1 is 0.948 bits per heavy atom. The van der Waals surface area contributed by atoms with Gasteiger partial charge in [-0.2, -0.15) is 26.3 Å². The number of carboxylic acids is 2. The zero-order valence-corrected chi connectivity index (χ0v) is 32.6. The molecule has 0 aliphatic carbocycles. The quantitative estimate of drug-likeness (QED) is 0.147. The first-order valence-electron chi connectivity index (χ1n) is 18.9. The number of hydrogen-bond donors (Lipinski definition) is 3. The first-order valence-corrected chi connectivity index (χ1v) is 18.9. The average Bonchev–Trinajstić information content (AvgIpc) is 3.94. The van der Waals surface area contributed by atoms with Crippen molar-refractivity contribution in [2.24, 2.45) is 4.99 Å². The number of hydrogen-bond acceptors (Lipinski definition) is 8. The molecule has 58 heavy (non-hydrogen) atoms. The van der Waals surface area contributed by atoms with Gasteiger partial charge >= 0.3 is 12.4 Å². The van der Waals surface area contributed by atoms with Crippen molar-refractivity contribution in [1.29, 1.82) is 0 Å². The molecule has 0 bridgehead atoms. The van der Waals surface area contributed by atoms with E-state index in [4.69, 9.17) is 29.5 Å². The predicted molar refractivity (Wildman–Crippen MR) is 198 cm³/mol. The summed E-state index contributed by atoms with van der Waals surface area (Å²) in [6, 6.07) is 16.3. The van der Waals surface area contributed by atoms with E-state index in [9.17, 15) is 35.9 Å². The van der Waals surface area contributed by atoms with Crippen LogP contribution < -0.4 is 30.5 Å². The number of amides is 1. The van der Waals surface area contributed by atoms with E-state index >= 15 is 0 Å². The maximum atomic E-state index is 13.8. The summed E-state index contributed by atoms with van der Waals surface area (Å²) < 4.78 is 71.1. The number of rotatable bonds is 16. The zero-order chi connectivity index (χ0) is 43.0. The Hall–Kier alpha value is -5.23. The van der Waals surface area contributed by atoms with Gasteiger partial charge in [0.05, 0.1) is 45.9 Å². The number of aliphatic carboxylic acids is 2. The second kappa shape index (κ2) is 22.1. The number of carboxylic acid groups (broad SMARTS) is 2. The van der Waals surface area contributed by atoms with Gasteiger partial charge in [0.25, 0.3) is 0 Å². The number of alkyl halides is 6. The maximum absolute atomic E-state index is 13.8. The number of methoxy groups -OCH3 is 1. The smallest absolute Gasteiger partial charge is 0.430 e. The molecule has 0 saturated carbocycles. The Kier molecular flexibility index (Phi) is 17.9. The molecule has 1 saturated heterocycles. The van der Waals surface area contributed by atoms with Crippen LogP contribution in [0.4, 0.5) is 26.3 Å². The molecule has 0 radical (unpaired) electrons. The van der Waals surface area contributed by atoms with Gasteiger partial charge in [0.15, 0.2) is 5.70 Å². The minimum Gasteiger partial charge on any atom is -0.542 e. The summed E-state index contributed by atoms with van der Waals surface area (Å²) in [7, 11) is 1.69. The molecule has 0 spiro atoms. The average molecular weight is 826 g/mol. The highest BCUT2D eigenvalue weighted by molar-refractivity contribution is 5.94. The van der Waals surface area contributed by atoms with Crippen molar-refractivity contribution in [2.75, 3.05) is 26.7 Å². The molecule has 4 N–H and O–H groups in total. The number of amidine groups is 1. The molecule has 3 heterocycles. The molecule has 2 aliphatic rings. The van der Waals surface area contributed by atoms with Crippen LogP contribution in [0.25, 0.3) is 16.6 Å². The molecule has 318 valence electrons. The molecular weight excluding hydrogens is 776 g/mol. The lowest BCUT2D eigenvalue weighted by atomic mass is 10.0. The number of likely N-dealkylation sites (tertiary alicyclic amines) is 1. The molecule has 2 aliphatic heterocycles. The fraction of sp³-hybridized carbons (Fsp3) is 0.475. The normalized spacial score (nSPS) is 14.7. The number of nitrogens with one attached hydrogen (secondary N) is 2. The highest BCUT2D eigenvalue weighted by Gasteiger charge is 2.30. The third kappa shape index (κ3) is 14.6. The number of ether oxygens (including phenoxy) is 1. The topological polar surface area (TPSA) is 174 Å². The largest absolute Gasteiger partial charge is 0.542 e. The monoisotopic (exact) mass is 825 g/mol. The highest BCUT2D eigenvalue weighted by Crippen LogP contribution is 2.30. The number of nitrogens with two attached hydrogens (primary N) is 1. The number of Topliss-reactive ketones (excluding diaryl/α,β-unsaturated/α-hetero) is 1. The van der Waals surface area contributed by atoms with Gasteiger partial charge in [0.1, 0.15) is 29.5 Å². The molecule has 1 aromatic heterocycles. The van der Waals surface area contributed by atoms with E-state index in [0.29, 0.717) is 25.0 Å². The van der Waals surface area contributed by atoms with Crippen LogP contribution >= 0.6 is 0 Å². The van der Waals surface area contributed by atoms with Gasteiger partial charge < -0.3 is 39.3 Å². The van der Waals surface area contributed by atoms with E-state index in [2.05, 4.69) is 46.4 Å². The van der Waals surface area contributed by atoms with Crippen LogP contribution in [0, 0.1) is 6.92 Å². The summed E-state index contributed by atoms with van der Waals surface area (Å²) in [5, 5.41) is 24.1. The van der Waals surface area contributed by atoms with Gasteiger partial charge in [0.2, 0.25) is 11.7 Å². The third-order valence-electron chi connectivity index (χ3n) is 9.76. The standard InChI is InChI=1S/C36H47N5O3.2C2HF3O2/c1-4-28(42)15-9-6-10-16-32(36-37-25-33(39-36)27-13-7-5-8-14-27)38-35(43)24-30-26(2)41(22-21-40-19-11-12-20-40)34-18-17-29(44-3)23-31(30)34;2*3-2(4,5)1(6)7/h5,7-8,13-14,17-18,23,25,32H,4,6,9-12,15-16,19-22,24H2,1-3H3,(H,37,39)(H,38,43);2*(H,6,7)/t32-;;/m0../s1. The van der Waals surface area contributed by atoms with Crippen molar-refractivity contribution >= 4 is 46.1 Å². The molecule has 1 atom stereocenters. The second-order valence-corrected chi connectivity index (χ2v) is 13.8. The first-order chi connectivity index (χ1) is 27.3. The number of benzene rings is 2. The summed E-state index contributed by atoms with van der Waals surface area (Å²) in [4.78, 5) is 49.6. The number of carbonyl (C=O) groups is 4. The van der Waals surface area contributed by atoms with E-state index in [0.717, 1.165) is 83.8 Å². The summed E-state index contributed by atoms with van der Waals surface area (Å²) in [6.07, 6.45) is -0.797. The fourth-order valence-electron chi connectivity index (χ4n) is 6.64. The van der Waals surface area contributed by atoms with Gasteiger partial charge in [-0.3, -0.25) is 14.9 Å². The van der Waals surface area contributed by atoms with Crippen LogP contribution in [-0.2, 0) is 32.1 Å². The number of quaternary nitrogens is 2. The second-order valence-electron chi connectivity index (χ2n) is 13.8. The van der Waals surface area contributed by atoms with Gasteiger partial charge in [-0.05, 0) is 55.7 Å². The van der Waals surface area contributed by atoms with Crippen molar-refractivity contribution in [1.82, 2.24) is 9.88 Å². The SMILES string of the molecule is CCC(=O)CCCCC[C@H](NC(=O)Cc1c(C)n(CC[NH+]2CCCC2)c2ccc(OC)cc12)C1=NC=C(c2ccccc2)[NH2+]1.O=C([O-])C(F)(F)F.O=C([O-])C(F)(F)F. The lowest BCUT2D eigenvalue weighted by Gasteiger charge is -2.18. The molecule has 1 amide bonds. The van der Waals surface area contributed by atoms with E-state index in [1.807, 2.05) is 37.4 Å². The molecule has 1 fully saturated rings. The number of carbonyl (C=O) groups excluding carboxylic acids is 4. The van der Waals surface area contributed by atoms with Crippen LogP contribution in [0.2, 0.25) is 0 Å². The predicted octanol–water partition coefficient (Wildman–Crippen LogP) is 2.17. The lowest BCUT2D eigenvalue weighted by Crippen LogP contribution is -3.10. The summed E-state index contributed by atoms with van der Waals surface area (Å²) in [5.74, 6) is -4.02. The number of ketones is 1. The minimum absolute atomic E-state index is 0.00411. The number of aromatic nitrogens is 1. The Morgan fingerprint density at radius 3 is 2.14 bits per heavy atom. The van der Waals surface area contributed by atoms with Crippen molar-refractivity contribution < 1.29 is 70.7 Å². The molecule has 5 rings (SSSR count). The first kappa shape index (κ1) is 47.1. The minimum atomic E-state index is -5.19. The van der Waals surface area contributed by atoms with Crippen molar-refractivity contribution in [2.45, 2.75) is 96.6 Å². The molecule has 12 nitrogen and oxygen atoms in total. The van der Waals surface area contributed by atoms with E-state index in [1.54, 1.807) is 12.0 Å². The maximum Gasteiger partial charge on any atom is 0.430 e. The zero-order valence-electron chi connectivity index (χ0n) is 32.6. The van der Waals surface area contributed by atoms with Gasteiger partial charge in [-0.1, -0.05) is 38.0 Å². The van der Waals surface area contributed by atoms with E-state index in [1.165, 1.54) is 25.9 Å².